The van der Waals surface area contributed by atoms with Gasteiger partial charge in [0.1, 0.15) is 5.52 Å². The van der Waals surface area contributed by atoms with Gasteiger partial charge in [0.25, 0.3) is 0 Å². The van der Waals surface area contributed by atoms with Crippen molar-refractivity contribution in [1.29, 1.82) is 0 Å². The summed E-state index contributed by atoms with van der Waals surface area (Å²) in [6, 6.07) is 2.01. The number of hydrogen-bond donors (Lipinski definition) is 1. The van der Waals surface area contributed by atoms with Gasteiger partial charge in [-0.1, -0.05) is 18.7 Å². The fourth-order valence-electron chi connectivity index (χ4n) is 2.23. The summed E-state index contributed by atoms with van der Waals surface area (Å²) in [4.78, 5) is 13.5. The van der Waals surface area contributed by atoms with Crippen LogP contribution in [-0.2, 0) is 4.74 Å². The Morgan fingerprint density at radius 1 is 1.40 bits per heavy atom. The average Bonchev–Trinajstić information content (AvgIpc) is 2.42. The quantitative estimate of drug-likeness (QED) is 0.689. The van der Waals surface area contributed by atoms with Crippen molar-refractivity contribution >= 4 is 28.5 Å². The van der Waals surface area contributed by atoms with Gasteiger partial charge >= 0.3 is 0 Å². The maximum Gasteiger partial charge on any atom is 0.187 e. The molecule has 0 spiro atoms. The number of rotatable bonds is 4. The van der Waals surface area contributed by atoms with Crippen LogP contribution in [0.2, 0.25) is 0 Å². The lowest BCUT2D eigenvalue weighted by Crippen LogP contribution is -2.45. The first-order valence-electron chi connectivity index (χ1n) is 6.60. The highest BCUT2D eigenvalue weighted by Gasteiger charge is 2.33. The third kappa shape index (κ3) is 2.58. The van der Waals surface area contributed by atoms with Crippen molar-refractivity contribution in [3.8, 4) is 0 Å². The van der Waals surface area contributed by atoms with Gasteiger partial charge in [-0.3, -0.25) is 0 Å². The standard InChI is InChI=1S/C14H18N4OS/c1-9-4-10-5-15-13(20-3)18-11(10)12(17-9)16-6-14(2)7-19-8-14/h4-5H,6-8H2,1-3H3,(H,16,17). The van der Waals surface area contributed by atoms with Crippen molar-refractivity contribution in [3.05, 3.63) is 18.0 Å². The molecule has 0 aliphatic carbocycles. The number of anilines is 1. The predicted octanol–water partition coefficient (Wildman–Crippen LogP) is 2.50. The number of aryl methyl sites for hydroxylation is 1. The van der Waals surface area contributed by atoms with Gasteiger partial charge in [0.15, 0.2) is 11.0 Å². The minimum absolute atomic E-state index is 0.202. The molecular weight excluding hydrogens is 272 g/mol. The monoisotopic (exact) mass is 290 g/mol. The molecule has 3 heterocycles. The van der Waals surface area contributed by atoms with E-state index in [1.165, 1.54) is 11.8 Å². The summed E-state index contributed by atoms with van der Waals surface area (Å²) in [5.74, 6) is 0.839. The first-order chi connectivity index (χ1) is 9.59. The van der Waals surface area contributed by atoms with E-state index in [0.717, 1.165) is 47.3 Å². The molecule has 0 saturated carbocycles. The molecule has 1 aliphatic rings. The number of aromatic nitrogens is 3. The Morgan fingerprint density at radius 2 is 2.20 bits per heavy atom. The van der Waals surface area contributed by atoms with Gasteiger partial charge in [-0.25, -0.2) is 15.0 Å². The molecule has 106 valence electrons. The summed E-state index contributed by atoms with van der Waals surface area (Å²) in [7, 11) is 0. The SMILES string of the molecule is CSc1ncc2cc(C)nc(NCC3(C)COC3)c2n1. The second-order valence-electron chi connectivity index (χ2n) is 5.56. The Hall–Kier alpha value is -1.40. The van der Waals surface area contributed by atoms with Crippen molar-refractivity contribution in [2.75, 3.05) is 31.3 Å². The van der Waals surface area contributed by atoms with Gasteiger partial charge < -0.3 is 10.1 Å². The van der Waals surface area contributed by atoms with Crippen molar-refractivity contribution in [1.82, 2.24) is 15.0 Å². The predicted molar refractivity (Wildman–Crippen MR) is 81.3 cm³/mol. The Balaban J connectivity index is 1.94. The molecule has 5 nitrogen and oxygen atoms in total. The largest absolute Gasteiger partial charge is 0.380 e. The minimum Gasteiger partial charge on any atom is -0.380 e. The highest BCUT2D eigenvalue weighted by atomic mass is 32.2. The molecule has 1 N–H and O–H groups in total. The molecule has 6 heteroatoms. The molecule has 0 aromatic carbocycles. The molecule has 3 rings (SSSR count). The fourth-order valence-corrected chi connectivity index (χ4v) is 2.57. The number of thioether (sulfide) groups is 1. The third-order valence-corrected chi connectivity index (χ3v) is 4.00. The molecule has 0 radical (unpaired) electrons. The summed E-state index contributed by atoms with van der Waals surface area (Å²) >= 11 is 1.54. The number of fused-ring (bicyclic) bond motifs is 1. The van der Waals surface area contributed by atoms with Gasteiger partial charge in [0.05, 0.1) is 13.2 Å². The molecule has 2 aromatic heterocycles. The maximum atomic E-state index is 5.28. The molecule has 1 fully saturated rings. The Kier molecular flexibility index (Phi) is 3.52. The zero-order valence-corrected chi connectivity index (χ0v) is 12.8. The smallest absolute Gasteiger partial charge is 0.187 e. The van der Waals surface area contributed by atoms with Crippen LogP contribution in [0.25, 0.3) is 10.9 Å². The van der Waals surface area contributed by atoms with Gasteiger partial charge in [-0.05, 0) is 19.2 Å². The van der Waals surface area contributed by atoms with E-state index >= 15 is 0 Å². The van der Waals surface area contributed by atoms with Crippen molar-refractivity contribution in [2.24, 2.45) is 5.41 Å². The summed E-state index contributed by atoms with van der Waals surface area (Å²) in [5, 5.41) is 5.22. The molecule has 0 unspecified atom stereocenters. The van der Waals surface area contributed by atoms with Crippen LogP contribution in [0.15, 0.2) is 17.4 Å². The molecule has 1 saturated heterocycles. The topological polar surface area (TPSA) is 59.9 Å². The van der Waals surface area contributed by atoms with E-state index in [9.17, 15) is 0 Å². The zero-order valence-electron chi connectivity index (χ0n) is 11.9. The number of ether oxygens (including phenoxy) is 1. The lowest BCUT2D eigenvalue weighted by atomic mass is 9.89. The van der Waals surface area contributed by atoms with Crippen LogP contribution in [-0.4, -0.2) is 41.0 Å². The van der Waals surface area contributed by atoms with Gasteiger partial charge in [-0.2, -0.15) is 0 Å². The molecule has 0 atom stereocenters. The van der Waals surface area contributed by atoms with E-state index in [4.69, 9.17) is 4.74 Å². The highest BCUT2D eigenvalue weighted by molar-refractivity contribution is 7.98. The van der Waals surface area contributed by atoms with Crippen LogP contribution in [0.1, 0.15) is 12.6 Å². The lowest BCUT2D eigenvalue weighted by Gasteiger charge is -2.38. The Labute approximate surface area is 122 Å². The first-order valence-corrected chi connectivity index (χ1v) is 7.82. The van der Waals surface area contributed by atoms with Crippen LogP contribution in [0, 0.1) is 12.3 Å². The van der Waals surface area contributed by atoms with E-state index < -0.39 is 0 Å². The van der Waals surface area contributed by atoms with E-state index in [1.54, 1.807) is 0 Å². The molecule has 1 aliphatic heterocycles. The van der Waals surface area contributed by atoms with E-state index in [2.05, 4.69) is 27.2 Å². The van der Waals surface area contributed by atoms with E-state index in [0.29, 0.717) is 0 Å². The average molecular weight is 290 g/mol. The third-order valence-electron chi connectivity index (χ3n) is 3.44. The van der Waals surface area contributed by atoms with Crippen molar-refractivity contribution < 1.29 is 4.74 Å². The number of nitrogens with zero attached hydrogens (tertiary/aromatic N) is 3. The van der Waals surface area contributed by atoms with Crippen molar-refractivity contribution in [3.63, 3.8) is 0 Å². The fraction of sp³-hybridized carbons (Fsp3) is 0.500. The summed E-state index contributed by atoms with van der Waals surface area (Å²) < 4.78 is 5.28. The van der Waals surface area contributed by atoms with Crippen molar-refractivity contribution in [2.45, 2.75) is 19.0 Å². The van der Waals surface area contributed by atoms with Crippen LogP contribution >= 0.6 is 11.8 Å². The lowest BCUT2D eigenvalue weighted by molar-refractivity contribution is -0.0924. The minimum atomic E-state index is 0.202. The number of hydrogen-bond acceptors (Lipinski definition) is 6. The Bertz CT molecular complexity index is 642. The maximum absolute atomic E-state index is 5.28. The van der Waals surface area contributed by atoms with Gasteiger partial charge in [0, 0.05) is 29.2 Å². The number of pyridine rings is 1. The van der Waals surface area contributed by atoms with Gasteiger partial charge in [0.2, 0.25) is 0 Å². The second kappa shape index (κ2) is 5.18. The summed E-state index contributed by atoms with van der Waals surface area (Å²) in [6.07, 6.45) is 3.84. The zero-order chi connectivity index (χ0) is 14.2. The van der Waals surface area contributed by atoms with E-state index in [-0.39, 0.29) is 5.41 Å². The van der Waals surface area contributed by atoms with Crippen LogP contribution in [0.4, 0.5) is 5.82 Å². The first kappa shape index (κ1) is 13.6. The van der Waals surface area contributed by atoms with Gasteiger partial charge in [-0.15, -0.1) is 0 Å². The number of nitrogens with one attached hydrogen (secondary N) is 1. The molecule has 0 amide bonds. The summed E-state index contributed by atoms with van der Waals surface area (Å²) in [6.45, 7) is 6.64. The summed E-state index contributed by atoms with van der Waals surface area (Å²) in [5.41, 5.74) is 2.06. The molecular formula is C14H18N4OS. The van der Waals surface area contributed by atoms with E-state index in [1.807, 2.05) is 25.4 Å². The molecule has 20 heavy (non-hydrogen) atoms. The van der Waals surface area contributed by atoms with Crippen LogP contribution in [0.3, 0.4) is 0 Å². The highest BCUT2D eigenvalue weighted by Crippen LogP contribution is 2.28. The molecule has 0 bridgehead atoms. The normalized spacial score (nSPS) is 16.9. The molecule has 2 aromatic rings. The second-order valence-corrected chi connectivity index (χ2v) is 6.34. The Morgan fingerprint density at radius 3 is 2.85 bits per heavy atom. The van der Waals surface area contributed by atoms with Crippen LogP contribution in [0.5, 0.6) is 0 Å². The van der Waals surface area contributed by atoms with Crippen LogP contribution < -0.4 is 5.32 Å².